The maximum atomic E-state index is 12.5. The second kappa shape index (κ2) is 8.84. The molecule has 1 aromatic carbocycles. The molecule has 8 nitrogen and oxygen atoms in total. The van der Waals surface area contributed by atoms with E-state index in [1.54, 1.807) is 24.3 Å². The van der Waals surface area contributed by atoms with Crippen LogP contribution in [0.3, 0.4) is 0 Å². The number of fused-ring (bicyclic) bond motifs is 5. The molecule has 0 radical (unpaired) electrons. The fourth-order valence-corrected chi connectivity index (χ4v) is 6.44. The van der Waals surface area contributed by atoms with Crippen molar-refractivity contribution in [2.75, 3.05) is 11.1 Å². The molecular weight excluding hydrogens is 468 g/mol. The van der Waals surface area contributed by atoms with Gasteiger partial charge in [-0.3, -0.25) is 9.20 Å². The quantitative estimate of drug-likeness (QED) is 0.340. The number of benzene rings is 1. The summed E-state index contributed by atoms with van der Waals surface area (Å²) < 4.78 is 7.06. The van der Waals surface area contributed by atoms with Gasteiger partial charge in [0.1, 0.15) is 16.4 Å². The molecule has 0 aliphatic heterocycles. The van der Waals surface area contributed by atoms with E-state index < -0.39 is 0 Å². The molecule has 0 saturated heterocycles. The van der Waals surface area contributed by atoms with E-state index in [9.17, 15) is 4.79 Å². The number of thioether (sulfide) groups is 1. The fraction of sp³-hybridized carbons (Fsp3) is 0.292. The van der Waals surface area contributed by atoms with Crippen molar-refractivity contribution >= 4 is 50.7 Å². The standard InChI is InChI=1S/C24H22N6O2S2/c1-14-11-18(29-32-14)25-20(31)13-33-24-28-27-22-21-16-9-5-6-10-17(16)34-23(21)26-19(30(22)24)12-15-7-3-2-4-8-15/h2-4,7-8,11H,5-6,9-10,12-13H2,1H3,(H,25,29,31). The normalized spacial score (nSPS) is 13.4. The summed E-state index contributed by atoms with van der Waals surface area (Å²) in [4.78, 5) is 20.1. The lowest BCUT2D eigenvalue weighted by Crippen LogP contribution is -2.14. The third-order valence-electron chi connectivity index (χ3n) is 5.93. The van der Waals surface area contributed by atoms with Crippen LogP contribution in [-0.2, 0) is 24.1 Å². The third-order valence-corrected chi connectivity index (χ3v) is 8.05. The minimum absolute atomic E-state index is 0.178. The van der Waals surface area contributed by atoms with Crippen LogP contribution < -0.4 is 5.32 Å². The first kappa shape index (κ1) is 21.3. The number of anilines is 1. The number of hydrogen-bond acceptors (Lipinski definition) is 8. The van der Waals surface area contributed by atoms with Gasteiger partial charge < -0.3 is 9.84 Å². The molecule has 0 atom stereocenters. The smallest absolute Gasteiger partial charge is 0.236 e. The summed E-state index contributed by atoms with van der Waals surface area (Å²) in [5.74, 6) is 1.93. The number of aromatic nitrogens is 5. The molecule has 4 aromatic heterocycles. The summed E-state index contributed by atoms with van der Waals surface area (Å²) in [5, 5.41) is 17.4. The van der Waals surface area contributed by atoms with Crippen molar-refractivity contribution in [1.82, 2.24) is 24.7 Å². The Balaban J connectivity index is 1.38. The minimum Gasteiger partial charge on any atom is -0.360 e. The molecule has 1 N–H and O–H groups in total. The van der Waals surface area contributed by atoms with Crippen molar-refractivity contribution in [3.63, 3.8) is 0 Å². The van der Waals surface area contributed by atoms with Gasteiger partial charge in [0.05, 0.1) is 11.1 Å². The van der Waals surface area contributed by atoms with Crippen LogP contribution in [0.1, 0.15) is 40.4 Å². The molecule has 1 amide bonds. The van der Waals surface area contributed by atoms with Gasteiger partial charge in [-0.25, -0.2) is 4.98 Å². The Morgan fingerprint density at radius 3 is 2.88 bits per heavy atom. The Kier molecular flexibility index (Phi) is 5.54. The van der Waals surface area contributed by atoms with Crippen LogP contribution in [0.2, 0.25) is 0 Å². The van der Waals surface area contributed by atoms with E-state index in [4.69, 9.17) is 9.51 Å². The fourth-order valence-electron chi connectivity index (χ4n) is 4.42. The maximum absolute atomic E-state index is 12.5. The lowest BCUT2D eigenvalue weighted by molar-refractivity contribution is -0.113. The van der Waals surface area contributed by atoms with Gasteiger partial charge in [0.15, 0.2) is 16.6 Å². The molecule has 1 aliphatic rings. The summed E-state index contributed by atoms with van der Waals surface area (Å²) in [6, 6.07) is 12.0. The molecule has 0 unspecified atom stereocenters. The van der Waals surface area contributed by atoms with Crippen LogP contribution in [0.25, 0.3) is 15.9 Å². The van der Waals surface area contributed by atoms with Crippen LogP contribution in [0.5, 0.6) is 0 Å². The van der Waals surface area contributed by atoms with Gasteiger partial charge in [0.2, 0.25) is 5.91 Å². The molecule has 34 heavy (non-hydrogen) atoms. The molecule has 0 bridgehead atoms. The van der Waals surface area contributed by atoms with Gasteiger partial charge in [-0.05, 0) is 43.7 Å². The zero-order valence-corrected chi connectivity index (χ0v) is 20.2. The second-order valence-electron chi connectivity index (χ2n) is 8.38. The first-order chi connectivity index (χ1) is 16.7. The molecular formula is C24H22N6O2S2. The van der Waals surface area contributed by atoms with Crippen molar-refractivity contribution < 1.29 is 9.32 Å². The molecule has 1 aliphatic carbocycles. The van der Waals surface area contributed by atoms with E-state index in [0.717, 1.165) is 34.5 Å². The molecule has 0 spiro atoms. The Morgan fingerprint density at radius 2 is 2.06 bits per heavy atom. The van der Waals surface area contributed by atoms with Crippen LogP contribution in [-0.4, -0.2) is 36.4 Å². The lowest BCUT2D eigenvalue weighted by Gasteiger charge is -2.11. The van der Waals surface area contributed by atoms with Crippen LogP contribution in [0.4, 0.5) is 5.82 Å². The Bertz CT molecular complexity index is 1500. The number of nitrogens with zero attached hydrogens (tertiary/aromatic N) is 5. The van der Waals surface area contributed by atoms with Gasteiger partial charge in [-0.1, -0.05) is 47.3 Å². The summed E-state index contributed by atoms with van der Waals surface area (Å²) in [6.07, 6.45) is 5.23. The number of thiophene rings is 1. The predicted octanol–water partition coefficient (Wildman–Crippen LogP) is 4.84. The summed E-state index contributed by atoms with van der Waals surface area (Å²) in [7, 11) is 0. The Labute approximate surface area is 203 Å². The first-order valence-electron chi connectivity index (χ1n) is 11.2. The number of hydrogen-bond donors (Lipinski definition) is 1. The number of carbonyl (C=O) groups is 1. The maximum Gasteiger partial charge on any atom is 0.236 e. The molecule has 172 valence electrons. The van der Waals surface area contributed by atoms with Gasteiger partial charge in [-0.2, -0.15) is 0 Å². The zero-order valence-electron chi connectivity index (χ0n) is 18.6. The number of carbonyl (C=O) groups excluding carboxylic acids is 1. The molecule has 10 heteroatoms. The highest BCUT2D eigenvalue weighted by Crippen LogP contribution is 2.38. The van der Waals surface area contributed by atoms with Crippen LogP contribution in [0.15, 0.2) is 46.1 Å². The number of rotatable bonds is 6. The van der Waals surface area contributed by atoms with Crippen molar-refractivity contribution in [1.29, 1.82) is 0 Å². The summed E-state index contributed by atoms with van der Waals surface area (Å²) in [6.45, 7) is 1.78. The molecule has 5 aromatic rings. The van der Waals surface area contributed by atoms with E-state index in [1.165, 1.54) is 40.6 Å². The number of amides is 1. The van der Waals surface area contributed by atoms with Crippen molar-refractivity contribution in [3.05, 3.63) is 64.0 Å². The highest BCUT2D eigenvalue weighted by molar-refractivity contribution is 7.99. The lowest BCUT2D eigenvalue weighted by atomic mass is 9.97. The first-order valence-corrected chi connectivity index (χ1v) is 13.0. The Hall–Kier alpha value is -3.24. The average molecular weight is 491 g/mol. The molecule has 6 rings (SSSR count). The van der Waals surface area contributed by atoms with Crippen LogP contribution in [0, 0.1) is 6.92 Å². The highest BCUT2D eigenvalue weighted by atomic mass is 32.2. The highest BCUT2D eigenvalue weighted by Gasteiger charge is 2.24. The average Bonchev–Trinajstić information content (AvgIpc) is 3.54. The van der Waals surface area contributed by atoms with Crippen molar-refractivity contribution in [2.45, 2.75) is 44.2 Å². The van der Waals surface area contributed by atoms with Crippen LogP contribution >= 0.6 is 23.1 Å². The summed E-state index contributed by atoms with van der Waals surface area (Å²) >= 11 is 3.14. The predicted molar refractivity (Wildman–Crippen MR) is 133 cm³/mol. The number of nitrogens with one attached hydrogen (secondary N) is 1. The van der Waals surface area contributed by atoms with E-state index in [2.05, 4.69) is 32.8 Å². The van der Waals surface area contributed by atoms with E-state index in [0.29, 0.717) is 23.2 Å². The molecule has 4 heterocycles. The van der Waals surface area contributed by atoms with E-state index in [-0.39, 0.29) is 11.7 Å². The third kappa shape index (κ3) is 3.97. The van der Waals surface area contributed by atoms with Gasteiger partial charge >= 0.3 is 0 Å². The van der Waals surface area contributed by atoms with Crippen molar-refractivity contribution in [3.8, 4) is 0 Å². The zero-order chi connectivity index (χ0) is 23.1. The largest absolute Gasteiger partial charge is 0.360 e. The summed E-state index contributed by atoms with van der Waals surface area (Å²) in [5.41, 5.74) is 3.38. The second-order valence-corrected chi connectivity index (χ2v) is 10.4. The minimum atomic E-state index is -0.179. The van der Waals surface area contributed by atoms with E-state index >= 15 is 0 Å². The van der Waals surface area contributed by atoms with Gasteiger partial charge in [0, 0.05) is 17.4 Å². The van der Waals surface area contributed by atoms with Gasteiger partial charge in [0.25, 0.3) is 0 Å². The van der Waals surface area contributed by atoms with Crippen molar-refractivity contribution in [2.24, 2.45) is 0 Å². The Morgan fingerprint density at radius 1 is 1.21 bits per heavy atom. The van der Waals surface area contributed by atoms with E-state index in [1.807, 2.05) is 22.6 Å². The van der Waals surface area contributed by atoms with Gasteiger partial charge in [-0.15, -0.1) is 21.5 Å². The SMILES string of the molecule is Cc1cc(NC(=O)CSc2nnc3c4c5c(sc4nc(Cc4ccccc4)n23)CCCC5)no1. The molecule has 0 saturated carbocycles. The molecule has 0 fully saturated rings. The number of aryl methyl sites for hydroxylation is 3. The topological polar surface area (TPSA) is 98.2 Å². The monoisotopic (exact) mass is 490 g/mol.